The first-order valence-electron chi connectivity index (χ1n) is 41.8. The zero-order chi connectivity index (χ0) is 85.3. The van der Waals surface area contributed by atoms with Crippen molar-refractivity contribution in [2.45, 2.75) is 34.6 Å². The molecule has 0 amide bonds. The molecule has 600 valence electrons. The summed E-state index contributed by atoms with van der Waals surface area (Å²) >= 11 is 0. The fourth-order valence-corrected chi connectivity index (χ4v) is 15.1. The van der Waals surface area contributed by atoms with Gasteiger partial charge in [-0.05, 0) is 333 Å². The van der Waals surface area contributed by atoms with E-state index >= 15 is 0 Å². The molecule has 20 rings (SSSR count). The molecule has 125 heavy (non-hydrogen) atoms. The predicted octanol–water partition coefficient (Wildman–Crippen LogP) is 29.5. The zero-order valence-corrected chi connectivity index (χ0v) is 70.4. The third-order valence-corrected chi connectivity index (χ3v) is 21.4. The second-order valence-electron chi connectivity index (χ2n) is 30.7. The highest BCUT2D eigenvalue weighted by molar-refractivity contribution is 5.86. The average Bonchev–Trinajstić information content (AvgIpc) is 0.822. The molecule has 0 N–H and O–H groups in total. The summed E-state index contributed by atoms with van der Waals surface area (Å²) in [6, 6.07) is 131. The molecule has 0 aliphatic rings. The quantitative estimate of drug-likeness (QED) is 0.0989. The van der Waals surface area contributed by atoms with E-state index < -0.39 is 0 Å². The number of aryl methyl sites for hydroxylation is 5. The molecule has 0 spiro atoms. The van der Waals surface area contributed by atoms with E-state index in [1.807, 2.05) is 184 Å². The first kappa shape index (κ1) is 82.5. The molecule has 9 aromatic heterocycles. The van der Waals surface area contributed by atoms with Gasteiger partial charge in [-0.25, -0.2) is 0 Å². The number of hydrogen-bond donors (Lipinski definition) is 0. The lowest BCUT2D eigenvalue weighted by Gasteiger charge is -2.11. The third-order valence-electron chi connectivity index (χ3n) is 21.4. The normalized spacial score (nSPS) is 10.6. The van der Waals surface area contributed by atoms with E-state index in [9.17, 15) is 0 Å². The molecule has 0 saturated heterocycles. The van der Waals surface area contributed by atoms with Crippen LogP contribution < -0.4 is 0 Å². The van der Waals surface area contributed by atoms with Crippen molar-refractivity contribution >= 4 is 0 Å². The Morgan fingerprint density at radius 2 is 0.368 bits per heavy atom. The molecule has 0 atom stereocenters. The first-order valence-corrected chi connectivity index (χ1v) is 41.8. The highest BCUT2D eigenvalue weighted by Gasteiger charge is 2.15. The molecule has 20 aromatic rings. The van der Waals surface area contributed by atoms with E-state index in [-0.39, 0.29) is 0 Å². The maximum absolute atomic E-state index is 4.71. The molecule has 0 aliphatic carbocycles. The fraction of sp³-hybridized carbons (Fsp3) is 0.0431. The smallest absolute Gasteiger partial charge is 0.0705 e. The fourth-order valence-electron chi connectivity index (χ4n) is 15.1. The summed E-state index contributed by atoms with van der Waals surface area (Å²) in [5.41, 5.74) is 40.7. The van der Waals surface area contributed by atoms with Crippen molar-refractivity contribution in [2.75, 3.05) is 0 Å². The van der Waals surface area contributed by atoms with Crippen molar-refractivity contribution in [3.8, 4) is 167 Å². The summed E-state index contributed by atoms with van der Waals surface area (Å²) in [4.78, 5) is 39.0. The Balaban J connectivity index is 0.000000115. The minimum absolute atomic E-state index is 0.967. The monoisotopic (exact) mass is 1610 g/mol. The van der Waals surface area contributed by atoms with Crippen LogP contribution >= 0.6 is 0 Å². The molecular weight excluding hydrogens is 1520 g/mol. The molecule has 0 fully saturated rings. The summed E-state index contributed by atoms with van der Waals surface area (Å²) in [6.45, 7) is 10.5. The molecule has 9 heteroatoms. The van der Waals surface area contributed by atoms with Crippen LogP contribution in [0.5, 0.6) is 0 Å². The summed E-state index contributed by atoms with van der Waals surface area (Å²) in [7, 11) is 0. The highest BCUT2D eigenvalue weighted by Crippen LogP contribution is 2.39. The van der Waals surface area contributed by atoms with Crippen LogP contribution in [0.25, 0.3) is 167 Å². The van der Waals surface area contributed by atoms with Gasteiger partial charge in [0.05, 0.1) is 17.1 Å². The minimum Gasteiger partial charge on any atom is -0.265 e. The van der Waals surface area contributed by atoms with Gasteiger partial charge in [-0.3, -0.25) is 44.9 Å². The van der Waals surface area contributed by atoms with Crippen LogP contribution in [0.4, 0.5) is 0 Å². The Morgan fingerprint density at radius 1 is 0.136 bits per heavy atom. The number of hydrogen-bond acceptors (Lipinski definition) is 9. The predicted molar refractivity (Wildman–Crippen MR) is 518 cm³/mol. The van der Waals surface area contributed by atoms with Gasteiger partial charge in [0, 0.05) is 126 Å². The zero-order valence-electron chi connectivity index (χ0n) is 70.4. The molecule has 11 aromatic carbocycles. The molecule has 0 unspecified atom stereocenters. The molecule has 0 radical (unpaired) electrons. The largest absolute Gasteiger partial charge is 0.265 e. The van der Waals surface area contributed by atoms with Gasteiger partial charge >= 0.3 is 0 Å². The Hall–Kier alpha value is -16.2. The van der Waals surface area contributed by atoms with Crippen molar-refractivity contribution in [3.05, 3.63) is 491 Å². The van der Waals surface area contributed by atoms with Crippen molar-refractivity contribution in [1.29, 1.82) is 0 Å². The first-order chi connectivity index (χ1) is 61.5. The number of pyridine rings is 9. The standard InChI is InChI=1S/C24H19N.4C23H18N2/c1-18-9-8-14-24(25-18)23-16-21(19-10-4-2-5-11-19)15-22(17-23)20-12-6-3-7-13-20;1-17-5-2-6-18(11-17)21-12-22(19-7-3-9-24-15-19)14-23(13-21)20-8-4-10-25-16-20;1-17-7-6-8-18(13-17)19-14-20(22-9-2-4-11-24-22)16-21(15-19)23-10-3-5-12-25-23;1-17-4-2-5-19(12-17)22-13-21(18-7-10-24-11-8-18)14-23(15-22)20-6-3-9-25-16-20;1-17-3-2-4-20(13-17)23-15-21(18-5-9-24-10-6-18)14-22(16-23)19-7-11-25-12-8-19/h2-17H,1H3;4*2-16H,1H3. The van der Waals surface area contributed by atoms with Gasteiger partial charge in [0.15, 0.2) is 0 Å². The van der Waals surface area contributed by atoms with Crippen molar-refractivity contribution in [1.82, 2.24) is 44.9 Å². The van der Waals surface area contributed by atoms with Crippen LogP contribution in [-0.2, 0) is 0 Å². The average molecular weight is 1610 g/mol. The second-order valence-corrected chi connectivity index (χ2v) is 30.7. The lowest BCUT2D eigenvalue weighted by molar-refractivity contribution is 1.21. The SMILES string of the molecule is Cc1cccc(-c2cc(-c3ccccc3)cc(-c3ccccc3)c2)n1.Cc1cccc(-c2cc(-c3ccccn3)cc(-c3ccccn3)c2)c1.Cc1cccc(-c2cc(-c3cccnc3)cc(-c3cccnc3)c2)c1.Cc1cccc(-c2cc(-c3ccncc3)cc(-c3cccnc3)c2)c1.Cc1cccc(-c2cc(-c3ccncc3)cc(-c3ccncc3)c2)c1. The van der Waals surface area contributed by atoms with Gasteiger partial charge in [-0.2, -0.15) is 0 Å². The minimum atomic E-state index is 0.967. The van der Waals surface area contributed by atoms with Crippen LogP contribution in [0.15, 0.2) is 463 Å². The molecule has 9 heterocycles. The van der Waals surface area contributed by atoms with E-state index in [4.69, 9.17) is 4.98 Å². The third kappa shape index (κ3) is 22.1. The molecule has 9 nitrogen and oxygen atoms in total. The lowest BCUT2D eigenvalue weighted by atomic mass is 9.93. The van der Waals surface area contributed by atoms with E-state index in [0.717, 1.165) is 72.8 Å². The number of rotatable bonds is 15. The van der Waals surface area contributed by atoms with Crippen LogP contribution in [0.2, 0.25) is 0 Å². The Morgan fingerprint density at radius 3 is 0.640 bits per heavy atom. The van der Waals surface area contributed by atoms with Gasteiger partial charge in [-0.15, -0.1) is 0 Å². The van der Waals surface area contributed by atoms with E-state index in [2.05, 4.69) is 334 Å². The Kier molecular flexibility index (Phi) is 26.8. The second kappa shape index (κ2) is 40.7. The Labute approximate surface area is 732 Å². The Bertz CT molecular complexity index is 5650. The summed E-state index contributed by atoms with van der Waals surface area (Å²) < 4.78 is 0. The van der Waals surface area contributed by atoms with Gasteiger partial charge in [0.2, 0.25) is 0 Å². The topological polar surface area (TPSA) is 116 Å². The molecule has 0 bridgehead atoms. The van der Waals surface area contributed by atoms with Crippen molar-refractivity contribution in [2.24, 2.45) is 0 Å². The van der Waals surface area contributed by atoms with E-state index in [1.165, 1.54) is 122 Å². The van der Waals surface area contributed by atoms with Crippen LogP contribution in [0, 0.1) is 34.6 Å². The van der Waals surface area contributed by atoms with Gasteiger partial charge in [0.1, 0.15) is 0 Å². The van der Waals surface area contributed by atoms with Crippen molar-refractivity contribution < 1.29 is 0 Å². The van der Waals surface area contributed by atoms with Crippen LogP contribution in [0.1, 0.15) is 27.9 Å². The maximum Gasteiger partial charge on any atom is 0.0705 e. The van der Waals surface area contributed by atoms with Crippen molar-refractivity contribution in [3.63, 3.8) is 0 Å². The summed E-state index contributed by atoms with van der Waals surface area (Å²) in [6.07, 6.45) is 25.8. The van der Waals surface area contributed by atoms with Gasteiger partial charge in [-0.1, -0.05) is 216 Å². The molecular formula is C116H91N9. The number of aromatic nitrogens is 9. The highest BCUT2D eigenvalue weighted by atomic mass is 14.7. The molecule has 0 saturated carbocycles. The van der Waals surface area contributed by atoms with E-state index in [0.29, 0.717) is 0 Å². The molecule has 0 aliphatic heterocycles. The summed E-state index contributed by atoms with van der Waals surface area (Å²) in [5, 5.41) is 0. The van der Waals surface area contributed by atoms with E-state index in [1.54, 1.807) is 18.6 Å². The van der Waals surface area contributed by atoms with Gasteiger partial charge < -0.3 is 0 Å². The number of nitrogens with zero attached hydrogens (tertiary/aromatic N) is 9. The summed E-state index contributed by atoms with van der Waals surface area (Å²) in [5.74, 6) is 0. The van der Waals surface area contributed by atoms with Gasteiger partial charge in [0.25, 0.3) is 0 Å². The van der Waals surface area contributed by atoms with Crippen LogP contribution in [0.3, 0.4) is 0 Å². The van der Waals surface area contributed by atoms with Crippen LogP contribution in [-0.4, -0.2) is 44.9 Å². The number of benzene rings is 11. The maximum atomic E-state index is 4.71. The lowest BCUT2D eigenvalue weighted by Crippen LogP contribution is -1.89.